The number of aromatic hydroxyl groups is 1. The molecule has 0 amide bonds. The van der Waals surface area contributed by atoms with Gasteiger partial charge in [-0.3, -0.25) is 4.79 Å². The summed E-state index contributed by atoms with van der Waals surface area (Å²) in [5.74, 6) is 0.309. The van der Waals surface area contributed by atoms with E-state index in [1.54, 1.807) is 39.0 Å². The van der Waals surface area contributed by atoms with Crippen LogP contribution in [0.15, 0.2) is 24.3 Å². The predicted octanol–water partition coefficient (Wildman–Crippen LogP) is 3.38. The number of phenolic OH excluding ortho intramolecular Hbond substituents is 1. The minimum Gasteiger partial charge on any atom is -0.507 e. The summed E-state index contributed by atoms with van der Waals surface area (Å²) in [4.78, 5) is 11.7. The molecule has 0 fully saturated rings. The van der Waals surface area contributed by atoms with E-state index in [-0.39, 0.29) is 11.7 Å². The number of esters is 1. The van der Waals surface area contributed by atoms with Crippen molar-refractivity contribution in [1.82, 2.24) is 0 Å². The molecule has 0 saturated carbocycles. The fraction of sp³-hybridized carbons (Fsp3) is 0.357. The first-order chi connectivity index (χ1) is 7.84. The Labute approximate surface area is 102 Å². The average molecular weight is 234 g/mol. The zero-order chi connectivity index (χ0) is 13.1. The molecule has 1 aromatic rings. The Kier molecular flexibility index (Phi) is 3.94. The van der Waals surface area contributed by atoms with Gasteiger partial charge in [0, 0.05) is 5.56 Å². The van der Waals surface area contributed by atoms with Crippen molar-refractivity contribution >= 4 is 12.0 Å². The Hall–Kier alpha value is -1.77. The van der Waals surface area contributed by atoms with Crippen molar-refractivity contribution in [3.63, 3.8) is 0 Å². The van der Waals surface area contributed by atoms with Gasteiger partial charge < -0.3 is 9.84 Å². The van der Waals surface area contributed by atoms with Gasteiger partial charge in [-0.25, -0.2) is 0 Å². The lowest BCUT2D eigenvalue weighted by Gasteiger charge is -2.16. The van der Waals surface area contributed by atoms with Crippen molar-refractivity contribution in [2.75, 3.05) is 0 Å². The highest BCUT2D eigenvalue weighted by molar-refractivity contribution is 5.78. The van der Waals surface area contributed by atoms with Gasteiger partial charge in [-0.05, 0) is 45.9 Å². The number of allylic oxidation sites excluding steroid dienone is 1. The van der Waals surface area contributed by atoms with Crippen LogP contribution in [0.4, 0.5) is 0 Å². The van der Waals surface area contributed by atoms with Crippen molar-refractivity contribution in [3.8, 4) is 11.5 Å². The monoisotopic (exact) mass is 234 g/mol. The van der Waals surface area contributed by atoms with E-state index in [0.29, 0.717) is 11.3 Å². The molecule has 0 aromatic heterocycles. The SMILES string of the molecule is CC=Cc1cc(OC(=O)C(C)(C)C)ccc1O. The first-order valence-corrected chi connectivity index (χ1v) is 5.52. The zero-order valence-corrected chi connectivity index (χ0v) is 10.7. The Morgan fingerprint density at radius 1 is 1.35 bits per heavy atom. The van der Waals surface area contributed by atoms with Gasteiger partial charge in [0.2, 0.25) is 0 Å². The highest BCUT2D eigenvalue weighted by Crippen LogP contribution is 2.26. The maximum absolute atomic E-state index is 11.7. The summed E-state index contributed by atoms with van der Waals surface area (Å²) in [6, 6.07) is 4.73. The van der Waals surface area contributed by atoms with Crippen LogP contribution in [0.1, 0.15) is 33.3 Å². The van der Waals surface area contributed by atoms with Crippen LogP contribution in [-0.4, -0.2) is 11.1 Å². The van der Waals surface area contributed by atoms with Gasteiger partial charge in [-0.15, -0.1) is 0 Å². The maximum Gasteiger partial charge on any atom is 0.316 e. The first-order valence-electron chi connectivity index (χ1n) is 5.52. The lowest BCUT2D eigenvalue weighted by molar-refractivity contribution is -0.143. The minimum atomic E-state index is -0.543. The van der Waals surface area contributed by atoms with Crippen molar-refractivity contribution < 1.29 is 14.6 Å². The van der Waals surface area contributed by atoms with Crippen LogP contribution in [0.3, 0.4) is 0 Å². The summed E-state index contributed by atoms with van der Waals surface area (Å²) in [6.07, 6.45) is 3.56. The second-order valence-corrected chi connectivity index (χ2v) is 4.86. The summed E-state index contributed by atoms with van der Waals surface area (Å²) in [5.41, 5.74) is 0.0882. The fourth-order valence-corrected chi connectivity index (χ4v) is 1.17. The molecule has 0 atom stereocenters. The average Bonchev–Trinajstić information content (AvgIpc) is 2.22. The largest absolute Gasteiger partial charge is 0.507 e. The van der Waals surface area contributed by atoms with Crippen LogP contribution in [0, 0.1) is 5.41 Å². The van der Waals surface area contributed by atoms with E-state index in [9.17, 15) is 9.90 Å². The summed E-state index contributed by atoms with van der Waals surface area (Å²) < 4.78 is 5.24. The van der Waals surface area contributed by atoms with E-state index in [1.807, 2.05) is 13.0 Å². The second-order valence-electron chi connectivity index (χ2n) is 4.86. The summed E-state index contributed by atoms with van der Waals surface area (Å²) >= 11 is 0. The highest BCUT2D eigenvalue weighted by Gasteiger charge is 2.23. The third-order valence-electron chi connectivity index (χ3n) is 2.17. The molecule has 0 aliphatic carbocycles. The van der Waals surface area contributed by atoms with Crippen LogP contribution in [0.25, 0.3) is 6.08 Å². The van der Waals surface area contributed by atoms with Gasteiger partial charge >= 0.3 is 5.97 Å². The van der Waals surface area contributed by atoms with Gasteiger partial charge in [-0.1, -0.05) is 12.2 Å². The van der Waals surface area contributed by atoms with Crippen LogP contribution < -0.4 is 4.74 Å². The standard InChI is InChI=1S/C14H18O3/c1-5-6-10-9-11(7-8-12(10)15)17-13(16)14(2,3)4/h5-9,15H,1-4H3. The number of rotatable bonds is 2. The first kappa shape index (κ1) is 13.3. The molecule has 0 bridgehead atoms. The smallest absolute Gasteiger partial charge is 0.316 e. The van der Waals surface area contributed by atoms with E-state index >= 15 is 0 Å². The molecule has 17 heavy (non-hydrogen) atoms. The number of hydrogen-bond donors (Lipinski definition) is 1. The van der Waals surface area contributed by atoms with E-state index in [0.717, 1.165) is 0 Å². The minimum absolute atomic E-state index is 0.165. The van der Waals surface area contributed by atoms with Gasteiger partial charge in [0.15, 0.2) is 0 Å². The number of benzene rings is 1. The molecular weight excluding hydrogens is 216 g/mol. The van der Waals surface area contributed by atoms with Gasteiger partial charge in [0.25, 0.3) is 0 Å². The Balaban J connectivity index is 2.94. The summed E-state index contributed by atoms with van der Waals surface area (Å²) in [5, 5.41) is 9.57. The Morgan fingerprint density at radius 3 is 2.53 bits per heavy atom. The maximum atomic E-state index is 11.7. The third-order valence-corrected chi connectivity index (χ3v) is 2.17. The predicted molar refractivity (Wildman–Crippen MR) is 67.9 cm³/mol. The fourth-order valence-electron chi connectivity index (χ4n) is 1.17. The molecule has 0 spiro atoms. The summed E-state index contributed by atoms with van der Waals surface area (Å²) in [6.45, 7) is 7.24. The molecule has 0 aliphatic rings. The van der Waals surface area contributed by atoms with E-state index in [2.05, 4.69) is 0 Å². The van der Waals surface area contributed by atoms with Crippen molar-refractivity contribution in [2.45, 2.75) is 27.7 Å². The zero-order valence-electron chi connectivity index (χ0n) is 10.7. The third kappa shape index (κ3) is 3.63. The topological polar surface area (TPSA) is 46.5 Å². The number of carbonyl (C=O) groups excluding carboxylic acids is 1. The van der Waals surface area contributed by atoms with E-state index in [4.69, 9.17) is 4.74 Å². The highest BCUT2D eigenvalue weighted by atomic mass is 16.5. The second kappa shape index (κ2) is 5.04. The molecule has 1 rings (SSSR count). The number of carbonyl (C=O) groups is 1. The van der Waals surface area contributed by atoms with Crippen molar-refractivity contribution in [3.05, 3.63) is 29.8 Å². The molecule has 0 heterocycles. The lowest BCUT2D eigenvalue weighted by atomic mass is 9.97. The molecule has 1 aromatic carbocycles. The van der Waals surface area contributed by atoms with E-state index < -0.39 is 5.41 Å². The van der Waals surface area contributed by atoms with Crippen LogP contribution in [-0.2, 0) is 4.79 Å². The van der Waals surface area contributed by atoms with Gasteiger partial charge in [-0.2, -0.15) is 0 Å². The Bertz CT molecular complexity index is 439. The molecule has 0 saturated heterocycles. The molecular formula is C14H18O3. The van der Waals surface area contributed by atoms with E-state index in [1.165, 1.54) is 6.07 Å². The lowest BCUT2D eigenvalue weighted by Crippen LogP contribution is -2.25. The molecule has 0 radical (unpaired) electrons. The normalized spacial score (nSPS) is 11.8. The Morgan fingerprint density at radius 2 is 2.00 bits per heavy atom. The van der Waals surface area contributed by atoms with Crippen LogP contribution in [0.2, 0.25) is 0 Å². The number of phenols is 1. The van der Waals surface area contributed by atoms with Crippen LogP contribution in [0.5, 0.6) is 11.5 Å². The molecule has 0 unspecified atom stereocenters. The quantitative estimate of drug-likeness (QED) is 0.630. The van der Waals surface area contributed by atoms with Crippen molar-refractivity contribution in [1.29, 1.82) is 0 Å². The van der Waals surface area contributed by atoms with Crippen LogP contribution >= 0.6 is 0 Å². The molecule has 92 valence electrons. The van der Waals surface area contributed by atoms with Gasteiger partial charge in [0.1, 0.15) is 11.5 Å². The summed E-state index contributed by atoms with van der Waals surface area (Å²) in [7, 11) is 0. The molecule has 0 aliphatic heterocycles. The molecule has 1 N–H and O–H groups in total. The van der Waals surface area contributed by atoms with Gasteiger partial charge in [0.05, 0.1) is 5.41 Å². The van der Waals surface area contributed by atoms with Crippen molar-refractivity contribution in [2.24, 2.45) is 5.41 Å². The number of ether oxygens (including phenoxy) is 1. The molecule has 3 heteroatoms. The molecule has 3 nitrogen and oxygen atoms in total. The number of hydrogen-bond acceptors (Lipinski definition) is 3.